The summed E-state index contributed by atoms with van der Waals surface area (Å²) in [6.07, 6.45) is 4.54. The highest BCUT2D eigenvalue weighted by atomic mass is 32.2. The summed E-state index contributed by atoms with van der Waals surface area (Å²) in [5, 5.41) is 11.7. The number of aromatic nitrogens is 3. The van der Waals surface area contributed by atoms with Crippen molar-refractivity contribution in [2.75, 3.05) is 5.32 Å². The summed E-state index contributed by atoms with van der Waals surface area (Å²) < 4.78 is 2.22. The molecular formula is C22H24N4OS. The van der Waals surface area contributed by atoms with Crippen LogP contribution >= 0.6 is 11.8 Å². The van der Waals surface area contributed by atoms with Gasteiger partial charge >= 0.3 is 0 Å². The molecule has 0 unspecified atom stereocenters. The van der Waals surface area contributed by atoms with Crippen LogP contribution in [0.5, 0.6) is 0 Å². The van der Waals surface area contributed by atoms with Crippen LogP contribution in [0.1, 0.15) is 32.0 Å². The van der Waals surface area contributed by atoms with Gasteiger partial charge in [0.05, 0.1) is 5.25 Å². The first-order chi connectivity index (χ1) is 13.7. The summed E-state index contributed by atoms with van der Waals surface area (Å²) >= 11 is 1.56. The molecule has 0 aliphatic carbocycles. The molecule has 4 rings (SSSR count). The molecule has 0 fully saturated rings. The number of benzene rings is 2. The molecule has 6 heteroatoms. The van der Waals surface area contributed by atoms with Crippen LogP contribution in [0.4, 0.5) is 5.69 Å². The molecule has 2 aromatic carbocycles. The number of aryl methyl sites for hydroxylation is 1. The maximum atomic E-state index is 12.6. The first-order valence-corrected chi connectivity index (χ1v) is 10.6. The maximum Gasteiger partial charge on any atom is 0.237 e. The van der Waals surface area contributed by atoms with Crippen molar-refractivity contribution < 1.29 is 4.79 Å². The van der Waals surface area contributed by atoms with Gasteiger partial charge in [-0.05, 0) is 44.0 Å². The monoisotopic (exact) mass is 392 g/mol. The van der Waals surface area contributed by atoms with Gasteiger partial charge in [-0.25, -0.2) is 0 Å². The number of fused-ring (bicyclic) bond motifs is 1. The van der Waals surface area contributed by atoms with Crippen molar-refractivity contribution in [3.8, 4) is 11.4 Å². The van der Waals surface area contributed by atoms with Crippen molar-refractivity contribution in [3.05, 3.63) is 60.4 Å². The van der Waals surface area contributed by atoms with Gasteiger partial charge < -0.3 is 9.88 Å². The molecule has 3 aromatic rings. The van der Waals surface area contributed by atoms with Gasteiger partial charge in [0.25, 0.3) is 0 Å². The van der Waals surface area contributed by atoms with E-state index in [9.17, 15) is 4.79 Å². The SMILES string of the molecule is C[C@@H](Sc1ccccc1)C(=O)Nc1cccc(-c2nnc3n2CCCCC3)c1. The molecule has 1 aliphatic heterocycles. The number of hydrogen-bond acceptors (Lipinski definition) is 4. The number of carbonyl (C=O) groups is 1. The molecule has 2 heterocycles. The Hall–Kier alpha value is -2.60. The lowest BCUT2D eigenvalue weighted by atomic mass is 10.2. The fourth-order valence-corrected chi connectivity index (χ4v) is 4.32. The zero-order chi connectivity index (χ0) is 19.3. The minimum Gasteiger partial charge on any atom is -0.325 e. The second kappa shape index (κ2) is 8.61. The number of carbonyl (C=O) groups excluding carboxylic acids is 1. The average Bonchev–Trinajstić information content (AvgIpc) is 2.97. The highest BCUT2D eigenvalue weighted by Crippen LogP contribution is 2.27. The van der Waals surface area contributed by atoms with Gasteiger partial charge in [0.1, 0.15) is 5.82 Å². The van der Waals surface area contributed by atoms with Crippen molar-refractivity contribution in [1.82, 2.24) is 14.8 Å². The van der Waals surface area contributed by atoms with E-state index in [-0.39, 0.29) is 11.2 Å². The van der Waals surface area contributed by atoms with E-state index in [0.717, 1.165) is 47.2 Å². The molecule has 1 aliphatic rings. The molecule has 1 atom stereocenters. The molecule has 144 valence electrons. The van der Waals surface area contributed by atoms with E-state index < -0.39 is 0 Å². The second-order valence-electron chi connectivity index (χ2n) is 7.05. The molecule has 1 amide bonds. The Balaban J connectivity index is 1.48. The molecule has 0 bridgehead atoms. The Labute approximate surface area is 169 Å². The van der Waals surface area contributed by atoms with Gasteiger partial charge in [-0.15, -0.1) is 22.0 Å². The van der Waals surface area contributed by atoms with Crippen molar-refractivity contribution in [2.45, 2.75) is 49.3 Å². The van der Waals surface area contributed by atoms with Crippen molar-refractivity contribution >= 4 is 23.4 Å². The van der Waals surface area contributed by atoms with Crippen LogP contribution in [-0.2, 0) is 17.8 Å². The normalized spacial score (nSPS) is 14.8. The van der Waals surface area contributed by atoms with E-state index in [4.69, 9.17) is 0 Å². The molecule has 1 N–H and O–H groups in total. The zero-order valence-electron chi connectivity index (χ0n) is 16.0. The summed E-state index contributed by atoms with van der Waals surface area (Å²) in [5.74, 6) is 1.95. The molecular weight excluding hydrogens is 368 g/mol. The Morgan fingerprint density at radius 3 is 2.79 bits per heavy atom. The van der Waals surface area contributed by atoms with E-state index in [1.165, 1.54) is 12.8 Å². The quantitative estimate of drug-likeness (QED) is 0.634. The molecule has 5 nitrogen and oxygen atoms in total. The summed E-state index contributed by atoms with van der Waals surface area (Å²) in [7, 11) is 0. The third-order valence-corrected chi connectivity index (χ3v) is 6.04. The number of nitrogens with one attached hydrogen (secondary N) is 1. The molecule has 1 aromatic heterocycles. The lowest BCUT2D eigenvalue weighted by Gasteiger charge is -2.13. The fourth-order valence-electron chi connectivity index (χ4n) is 3.44. The van der Waals surface area contributed by atoms with Gasteiger partial charge in [-0.2, -0.15) is 0 Å². The van der Waals surface area contributed by atoms with Crippen LogP contribution in [0, 0.1) is 0 Å². The average molecular weight is 393 g/mol. The maximum absolute atomic E-state index is 12.6. The topological polar surface area (TPSA) is 59.8 Å². The molecule has 0 saturated heterocycles. The number of rotatable bonds is 5. The lowest BCUT2D eigenvalue weighted by Crippen LogP contribution is -2.22. The highest BCUT2D eigenvalue weighted by molar-refractivity contribution is 8.00. The predicted molar refractivity (Wildman–Crippen MR) is 113 cm³/mol. The van der Waals surface area contributed by atoms with Gasteiger partial charge in [-0.1, -0.05) is 36.8 Å². The van der Waals surface area contributed by atoms with Crippen LogP contribution in [0.3, 0.4) is 0 Å². The van der Waals surface area contributed by atoms with Crippen molar-refractivity contribution in [2.24, 2.45) is 0 Å². The van der Waals surface area contributed by atoms with Crippen LogP contribution in [-0.4, -0.2) is 25.9 Å². The number of anilines is 1. The van der Waals surface area contributed by atoms with E-state index in [0.29, 0.717) is 0 Å². The highest BCUT2D eigenvalue weighted by Gasteiger charge is 2.18. The number of thioether (sulfide) groups is 1. The minimum atomic E-state index is -0.185. The van der Waals surface area contributed by atoms with Gasteiger partial charge in [0.15, 0.2) is 5.82 Å². The fraction of sp³-hybridized carbons (Fsp3) is 0.318. The standard InChI is InChI=1S/C22H24N4OS/c1-16(28-19-11-4-2-5-12-19)22(27)23-18-10-8-9-17(15-18)21-25-24-20-13-6-3-7-14-26(20)21/h2,4-5,8-12,15-16H,3,6-7,13-14H2,1H3,(H,23,27)/t16-/m1/s1. The smallest absolute Gasteiger partial charge is 0.237 e. The number of amides is 1. The van der Waals surface area contributed by atoms with Gasteiger partial charge in [-0.3, -0.25) is 4.79 Å². The Morgan fingerprint density at radius 2 is 1.93 bits per heavy atom. The second-order valence-corrected chi connectivity index (χ2v) is 8.46. The molecule has 28 heavy (non-hydrogen) atoms. The first-order valence-electron chi connectivity index (χ1n) is 9.76. The van der Waals surface area contributed by atoms with Crippen LogP contribution < -0.4 is 5.32 Å². The number of nitrogens with zero attached hydrogens (tertiary/aromatic N) is 3. The number of hydrogen-bond donors (Lipinski definition) is 1. The van der Waals surface area contributed by atoms with E-state index in [2.05, 4.69) is 20.1 Å². The van der Waals surface area contributed by atoms with Crippen molar-refractivity contribution in [3.63, 3.8) is 0 Å². The molecule has 0 saturated carbocycles. The zero-order valence-corrected chi connectivity index (χ0v) is 16.8. The molecule has 0 spiro atoms. The minimum absolute atomic E-state index is 0.00826. The lowest BCUT2D eigenvalue weighted by molar-refractivity contribution is -0.115. The van der Waals surface area contributed by atoms with E-state index >= 15 is 0 Å². The van der Waals surface area contributed by atoms with E-state index in [1.807, 2.05) is 61.5 Å². The Kier molecular flexibility index (Phi) is 5.76. The largest absolute Gasteiger partial charge is 0.325 e. The third-order valence-electron chi connectivity index (χ3n) is 4.92. The summed E-state index contributed by atoms with van der Waals surface area (Å²) in [6, 6.07) is 17.9. The van der Waals surface area contributed by atoms with Crippen LogP contribution in [0.25, 0.3) is 11.4 Å². The molecule has 0 radical (unpaired) electrons. The summed E-state index contributed by atoms with van der Waals surface area (Å²) in [5.41, 5.74) is 1.77. The van der Waals surface area contributed by atoms with Gasteiger partial charge in [0, 0.05) is 29.1 Å². The van der Waals surface area contributed by atoms with Crippen LogP contribution in [0.15, 0.2) is 59.5 Å². The van der Waals surface area contributed by atoms with Gasteiger partial charge in [0.2, 0.25) is 5.91 Å². The first kappa shape index (κ1) is 18.7. The predicted octanol–water partition coefficient (Wildman–Crippen LogP) is 4.79. The Bertz CT molecular complexity index is 954. The summed E-state index contributed by atoms with van der Waals surface area (Å²) in [6.45, 7) is 2.88. The third kappa shape index (κ3) is 4.28. The van der Waals surface area contributed by atoms with E-state index in [1.54, 1.807) is 11.8 Å². The Morgan fingerprint density at radius 1 is 1.07 bits per heavy atom. The van der Waals surface area contributed by atoms with Crippen molar-refractivity contribution in [1.29, 1.82) is 0 Å². The van der Waals surface area contributed by atoms with Crippen LogP contribution in [0.2, 0.25) is 0 Å². The summed E-state index contributed by atoms with van der Waals surface area (Å²) in [4.78, 5) is 13.7.